The number of amides is 2. The number of carbonyl (C=O) groups excluding carboxylic acids is 3. The number of nitrogens with zero attached hydrogens (tertiary/aromatic N) is 2. The SMILES string of the molecule is COC(=O)[C@@H](NC(=O)c1ccc(C#CC#Cc2ccc(CN(CCCN3CCOCC3)C(=O)OC(C)(C)C)o2)cc1)[C@@H](C)O. The molecule has 2 N–H and O–H groups in total. The van der Waals surface area contributed by atoms with Gasteiger partial charge in [-0.25, -0.2) is 9.59 Å². The van der Waals surface area contributed by atoms with E-state index in [1.54, 1.807) is 41.3 Å². The fraction of sp³-hybridized carbons (Fsp3) is 0.485. The molecule has 0 saturated carbocycles. The van der Waals surface area contributed by atoms with E-state index in [0.29, 0.717) is 29.2 Å². The third-order valence-electron chi connectivity index (χ3n) is 6.49. The lowest BCUT2D eigenvalue weighted by Crippen LogP contribution is -2.48. The van der Waals surface area contributed by atoms with Crippen LogP contribution in [-0.2, 0) is 25.5 Å². The van der Waals surface area contributed by atoms with Gasteiger partial charge in [0.25, 0.3) is 5.91 Å². The Morgan fingerprint density at radius 1 is 1.07 bits per heavy atom. The summed E-state index contributed by atoms with van der Waals surface area (Å²) in [7, 11) is 1.18. The molecule has 3 rings (SSSR count). The Kier molecular flexibility index (Phi) is 12.8. The molecule has 0 unspecified atom stereocenters. The molecule has 1 fully saturated rings. The molecule has 1 aromatic heterocycles. The average Bonchev–Trinajstić information content (AvgIpc) is 3.44. The molecule has 11 heteroatoms. The summed E-state index contributed by atoms with van der Waals surface area (Å²) in [5.74, 6) is 11.0. The zero-order chi connectivity index (χ0) is 32.1. The minimum Gasteiger partial charge on any atom is -0.467 e. The molecule has 1 aliphatic rings. The predicted molar refractivity (Wildman–Crippen MR) is 162 cm³/mol. The first-order valence-electron chi connectivity index (χ1n) is 14.5. The molecule has 2 amide bonds. The van der Waals surface area contributed by atoms with Gasteiger partial charge in [-0.15, -0.1) is 0 Å². The maximum Gasteiger partial charge on any atom is 0.410 e. The van der Waals surface area contributed by atoms with Crippen LogP contribution in [0.15, 0.2) is 40.8 Å². The highest BCUT2D eigenvalue weighted by molar-refractivity contribution is 5.97. The highest BCUT2D eigenvalue weighted by atomic mass is 16.6. The molecule has 1 saturated heterocycles. The standard InChI is InChI=1S/C33H41N3O8/c1-24(37)29(31(39)41-5)34-30(38)26-13-11-25(12-14-26)9-6-7-10-27-15-16-28(43-27)23-36(32(40)44-33(2,3)4)18-8-17-35-19-21-42-22-20-35/h11-16,24,29,37H,8,17-23H2,1-5H3,(H,34,38)/t24-,29+/m1/s1. The predicted octanol–water partition coefficient (Wildman–Crippen LogP) is 2.79. The summed E-state index contributed by atoms with van der Waals surface area (Å²) < 4.78 is 21.5. The summed E-state index contributed by atoms with van der Waals surface area (Å²) in [5.41, 5.74) is 0.304. The van der Waals surface area contributed by atoms with Crippen LogP contribution in [0.4, 0.5) is 4.79 Å². The normalized spacial score (nSPS) is 14.6. The van der Waals surface area contributed by atoms with Crippen molar-refractivity contribution >= 4 is 18.0 Å². The second kappa shape index (κ2) is 16.5. The van der Waals surface area contributed by atoms with Crippen LogP contribution in [-0.4, -0.2) is 97.1 Å². The summed E-state index contributed by atoms with van der Waals surface area (Å²) in [5, 5.41) is 12.2. The number of hydrogen-bond acceptors (Lipinski definition) is 9. The van der Waals surface area contributed by atoms with Gasteiger partial charge in [-0.3, -0.25) is 9.69 Å². The topological polar surface area (TPSA) is 131 Å². The highest BCUT2D eigenvalue weighted by Gasteiger charge is 2.27. The molecule has 0 aliphatic carbocycles. The first kappa shape index (κ1) is 34.2. The highest BCUT2D eigenvalue weighted by Crippen LogP contribution is 2.15. The minimum absolute atomic E-state index is 0.253. The van der Waals surface area contributed by atoms with Gasteiger partial charge in [0.05, 0.1) is 33.0 Å². The first-order valence-corrected chi connectivity index (χ1v) is 14.5. The van der Waals surface area contributed by atoms with Crippen molar-refractivity contribution in [3.63, 3.8) is 0 Å². The smallest absolute Gasteiger partial charge is 0.410 e. The number of carbonyl (C=O) groups is 3. The molecule has 236 valence electrons. The number of morpholine rings is 1. The van der Waals surface area contributed by atoms with Gasteiger partial charge in [0.15, 0.2) is 11.8 Å². The van der Waals surface area contributed by atoms with E-state index in [1.807, 2.05) is 20.8 Å². The van der Waals surface area contributed by atoms with Crippen molar-refractivity contribution in [2.24, 2.45) is 0 Å². The number of ether oxygens (including phenoxy) is 3. The van der Waals surface area contributed by atoms with E-state index < -0.39 is 35.7 Å². The number of aliphatic hydroxyl groups excluding tert-OH is 1. The number of hydrogen-bond donors (Lipinski definition) is 2. The third-order valence-corrected chi connectivity index (χ3v) is 6.49. The van der Waals surface area contributed by atoms with E-state index in [0.717, 1.165) is 39.3 Å². The van der Waals surface area contributed by atoms with E-state index in [1.165, 1.54) is 14.0 Å². The monoisotopic (exact) mass is 607 g/mol. The van der Waals surface area contributed by atoms with Gasteiger partial charge in [0.1, 0.15) is 11.4 Å². The Labute approximate surface area is 258 Å². The van der Waals surface area contributed by atoms with Gasteiger partial charge in [0, 0.05) is 37.3 Å². The molecule has 11 nitrogen and oxygen atoms in total. The summed E-state index contributed by atoms with van der Waals surface area (Å²) in [6, 6.07) is 8.74. The molecule has 0 bridgehead atoms. The fourth-order valence-electron chi connectivity index (χ4n) is 4.22. The molecule has 0 spiro atoms. The zero-order valence-corrected chi connectivity index (χ0v) is 26.0. The zero-order valence-electron chi connectivity index (χ0n) is 26.0. The Balaban J connectivity index is 1.58. The van der Waals surface area contributed by atoms with E-state index in [2.05, 4.69) is 38.6 Å². The number of rotatable bonds is 10. The summed E-state index contributed by atoms with van der Waals surface area (Å²) in [6.07, 6.45) is -0.719. The maximum atomic E-state index is 12.9. The van der Waals surface area contributed by atoms with E-state index in [-0.39, 0.29) is 6.54 Å². The number of aliphatic hydroxyl groups is 1. The number of furan rings is 1. The van der Waals surface area contributed by atoms with Crippen LogP contribution in [0.3, 0.4) is 0 Å². The van der Waals surface area contributed by atoms with E-state index in [4.69, 9.17) is 13.9 Å². The molecule has 44 heavy (non-hydrogen) atoms. The Morgan fingerprint density at radius 2 is 1.75 bits per heavy atom. The van der Waals surface area contributed by atoms with Crippen molar-refractivity contribution in [3.05, 3.63) is 59.0 Å². The second-order valence-electron chi connectivity index (χ2n) is 11.3. The summed E-state index contributed by atoms with van der Waals surface area (Å²) >= 11 is 0. The van der Waals surface area contributed by atoms with Gasteiger partial charge in [-0.05, 0) is 88.3 Å². The molecular formula is C33H41N3O8. The third kappa shape index (κ3) is 11.4. The van der Waals surface area contributed by atoms with Crippen LogP contribution in [0.5, 0.6) is 0 Å². The Bertz CT molecular complexity index is 1380. The van der Waals surface area contributed by atoms with Crippen molar-refractivity contribution in [2.75, 3.05) is 46.5 Å². The lowest BCUT2D eigenvalue weighted by molar-refractivity contribution is -0.145. The van der Waals surface area contributed by atoms with Crippen LogP contribution in [0.2, 0.25) is 0 Å². The first-order chi connectivity index (χ1) is 20.9. The molecular weight excluding hydrogens is 566 g/mol. The van der Waals surface area contributed by atoms with Crippen LogP contribution in [0, 0.1) is 23.7 Å². The van der Waals surface area contributed by atoms with Gasteiger partial charge in [-0.2, -0.15) is 0 Å². The molecule has 0 radical (unpaired) electrons. The van der Waals surface area contributed by atoms with Crippen molar-refractivity contribution in [1.29, 1.82) is 0 Å². The lowest BCUT2D eigenvalue weighted by atomic mass is 10.1. The summed E-state index contributed by atoms with van der Waals surface area (Å²) in [6.45, 7) is 11.8. The Hall–Kier alpha value is -4.29. The van der Waals surface area contributed by atoms with Crippen LogP contribution >= 0.6 is 0 Å². The lowest BCUT2D eigenvalue weighted by Gasteiger charge is -2.29. The van der Waals surface area contributed by atoms with Crippen LogP contribution in [0.1, 0.15) is 61.6 Å². The number of esters is 1. The van der Waals surface area contributed by atoms with Crippen molar-refractivity contribution < 1.29 is 38.1 Å². The largest absolute Gasteiger partial charge is 0.467 e. The van der Waals surface area contributed by atoms with Crippen molar-refractivity contribution in [2.45, 2.75) is 58.4 Å². The van der Waals surface area contributed by atoms with Gasteiger partial charge in [-0.1, -0.05) is 5.92 Å². The number of methoxy groups -OCH3 is 1. The Morgan fingerprint density at radius 3 is 2.39 bits per heavy atom. The van der Waals surface area contributed by atoms with Crippen LogP contribution in [0.25, 0.3) is 0 Å². The van der Waals surface area contributed by atoms with E-state index >= 15 is 0 Å². The molecule has 2 aromatic rings. The van der Waals surface area contributed by atoms with Gasteiger partial charge >= 0.3 is 12.1 Å². The molecule has 1 aliphatic heterocycles. The second-order valence-corrected chi connectivity index (χ2v) is 11.3. The van der Waals surface area contributed by atoms with Gasteiger partial charge in [0.2, 0.25) is 0 Å². The number of benzene rings is 1. The van der Waals surface area contributed by atoms with Crippen molar-refractivity contribution in [3.8, 4) is 23.7 Å². The van der Waals surface area contributed by atoms with E-state index in [9.17, 15) is 19.5 Å². The molecule has 2 atom stereocenters. The molecule has 1 aromatic carbocycles. The van der Waals surface area contributed by atoms with Crippen LogP contribution < -0.4 is 5.32 Å². The quantitative estimate of drug-likeness (QED) is 0.309. The minimum atomic E-state index is -1.18. The fourth-order valence-corrected chi connectivity index (χ4v) is 4.22. The number of nitrogens with one attached hydrogen (secondary N) is 1. The summed E-state index contributed by atoms with van der Waals surface area (Å²) in [4.78, 5) is 41.1. The van der Waals surface area contributed by atoms with Gasteiger partial charge < -0.3 is 34.0 Å². The van der Waals surface area contributed by atoms with Crippen molar-refractivity contribution in [1.82, 2.24) is 15.1 Å². The molecule has 2 heterocycles. The maximum absolute atomic E-state index is 12.9. The average molecular weight is 608 g/mol.